The summed E-state index contributed by atoms with van der Waals surface area (Å²) < 4.78 is 13.4. The first-order valence-corrected chi connectivity index (χ1v) is 11.6. The number of allylic oxidation sites excluding steroid dienone is 1. The predicted octanol–water partition coefficient (Wildman–Crippen LogP) is 5.16. The Hall–Kier alpha value is -3.37. The van der Waals surface area contributed by atoms with Crippen molar-refractivity contribution in [1.29, 1.82) is 0 Å². The summed E-state index contributed by atoms with van der Waals surface area (Å²) in [6, 6.07) is 14.1. The van der Waals surface area contributed by atoms with E-state index in [1.807, 2.05) is 28.8 Å². The Bertz CT molecular complexity index is 1330. The molecule has 2 aromatic heterocycles. The van der Waals surface area contributed by atoms with Crippen molar-refractivity contribution in [3.63, 3.8) is 0 Å². The number of furan rings is 1. The van der Waals surface area contributed by atoms with Gasteiger partial charge >= 0.3 is 5.97 Å². The molecule has 33 heavy (non-hydrogen) atoms. The third kappa shape index (κ3) is 5.18. The van der Waals surface area contributed by atoms with Crippen LogP contribution in [0, 0.1) is 0 Å². The van der Waals surface area contributed by atoms with Gasteiger partial charge in [-0.05, 0) is 48.5 Å². The molecule has 0 radical (unpaired) electrons. The van der Waals surface area contributed by atoms with E-state index in [1.54, 1.807) is 30.3 Å². The van der Waals surface area contributed by atoms with Gasteiger partial charge < -0.3 is 14.5 Å². The summed E-state index contributed by atoms with van der Waals surface area (Å²) in [5.41, 5.74) is 1.73. The second-order valence-corrected chi connectivity index (χ2v) is 8.76. The molecule has 0 aliphatic rings. The molecule has 4 aromatic rings. The van der Waals surface area contributed by atoms with E-state index in [0.29, 0.717) is 34.5 Å². The van der Waals surface area contributed by atoms with Crippen LogP contribution in [-0.2, 0) is 16.1 Å². The Morgan fingerprint density at radius 1 is 1.21 bits per heavy atom. The number of carbonyl (C=O) groups is 2. The van der Waals surface area contributed by atoms with E-state index in [-0.39, 0.29) is 11.7 Å². The SMILES string of the molecule is C=CCn1c(SCC(=O)Nc2ccc(C(=O)OC)cc2)nnc1-c1cc2cc(Br)ccc2o1. The van der Waals surface area contributed by atoms with E-state index < -0.39 is 5.97 Å². The monoisotopic (exact) mass is 526 g/mol. The van der Waals surface area contributed by atoms with Gasteiger partial charge in [-0.15, -0.1) is 16.8 Å². The molecule has 0 atom stereocenters. The van der Waals surface area contributed by atoms with Crippen molar-refractivity contribution in [2.24, 2.45) is 0 Å². The molecule has 0 aliphatic carbocycles. The van der Waals surface area contributed by atoms with Crippen LogP contribution >= 0.6 is 27.7 Å². The van der Waals surface area contributed by atoms with E-state index in [4.69, 9.17) is 4.42 Å². The van der Waals surface area contributed by atoms with Crippen LogP contribution < -0.4 is 5.32 Å². The minimum Gasteiger partial charge on any atom is -0.465 e. The number of aromatic nitrogens is 3. The lowest BCUT2D eigenvalue weighted by molar-refractivity contribution is -0.113. The number of rotatable bonds is 8. The van der Waals surface area contributed by atoms with Crippen LogP contribution in [0.1, 0.15) is 10.4 Å². The van der Waals surface area contributed by atoms with Crippen LogP contribution in [0.3, 0.4) is 0 Å². The molecule has 10 heteroatoms. The maximum Gasteiger partial charge on any atom is 0.337 e. The number of esters is 1. The summed E-state index contributed by atoms with van der Waals surface area (Å²) in [5.74, 6) is 0.621. The van der Waals surface area contributed by atoms with Gasteiger partial charge in [0.15, 0.2) is 10.9 Å². The van der Waals surface area contributed by atoms with Crippen molar-refractivity contribution in [3.05, 3.63) is 71.2 Å². The Balaban J connectivity index is 1.46. The maximum absolute atomic E-state index is 12.4. The number of halogens is 1. The Morgan fingerprint density at radius 2 is 2.00 bits per heavy atom. The minimum absolute atomic E-state index is 0.126. The average molecular weight is 527 g/mol. The summed E-state index contributed by atoms with van der Waals surface area (Å²) in [4.78, 5) is 23.9. The molecule has 168 valence electrons. The number of hydrogen-bond acceptors (Lipinski definition) is 7. The van der Waals surface area contributed by atoms with Crippen LogP contribution in [0.25, 0.3) is 22.6 Å². The van der Waals surface area contributed by atoms with E-state index >= 15 is 0 Å². The first-order chi connectivity index (χ1) is 16.0. The van der Waals surface area contributed by atoms with Crippen molar-refractivity contribution < 1.29 is 18.7 Å². The van der Waals surface area contributed by atoms with Crippen LogP contribution in [0.2, 0.25) is 0 Å². The van der Waals surface area contributed by atoms with Crippen molar-refractivity contribution in [3.8, 4) is 11.6 Å². The predicted molar refractivity (Wildman–Crippen MR) is 130 cm³/mol. The quantitative estimate of drug-likeness (QED) is 0.192. The van der Waals surface area contributed by atoms with Crippen molar-refractivity contribution in [1.82, 2.24) is 14.8 Å². The van der Waals surface area contributed by atoms with Crippen molar-refractivity contribution >= 4 is 56.2 Å². The third-order valence-electron chi connectivity index (χ3n) is 4.65. The number of hydrogen-bond donors (Lipinski definition) is 1. The number of fused-ring (bicyclic) bond motifs is 1. The third-order valence-corrected chi connectivity index (χ3v) is 6.11. The zero-order valence-electron chi connectivity index (χ0n) is 17.6. The number of anilines is 1. The molecular weight excluding hydrogens is 508 g/mol. The largest absolute Gasteiger partial charge is 0.465 e. The number of thioether (sulfide) groups is 1. The Morgan fingerprint density at radius 3 is 2.73 bits per heavy atom. The van der Waals surface area contributed by atoms with Crippen molar-refractivity contribution in [2.45, 2.75) is 11.7 Å². The fraction of sp³-hybridized carbons (Fsp3) is 0.130. The molecule has 0 saturated carbocycles. The molecule has 0 fully saturated rings. The van der Waals surface area contributed by atoms with Gasteiger partial charge in [0.25, 0.3) is 0 Å². The number of ether oxygens (including phenoxy) is 1. The normalized spacial score (nSPS) is 10.8. The first-order valence-electron chi connectivity index (χ1n) is 9.83. The molecular formula is C23H19BrN4O4S. The molecule has 0 saturated heterocycles. The highest BCUT2D eigenvalue weighted by Crippen LogP contribution is 2.31. The van der Waals surface area contributed by atoms with Gasteiger partial charge in [-0.1, -0.05) is 33.8 Å². The second kappa shape index (κ2) is 10.1. The van der Waals surface area contributed by atoms with Gasteiger partial charge in [0.1, 0.15) is 5.58 Å². The van der Waals surface area contributed by atoms with E-state index in [9.17, 15) is 9.59 Å². The summed E-state index contributed by atoms with van der Waals surface area (Å²) in [7, 11) is 1.32. The highest BCUT2D eigenvalue weighted by molar-refractivity contribution is 9.10. The summed E-state index contributed by atoms with van der Waals surface area (Å²) in [5, 5.41) is 12.8. The molecule has 4 rings (SSSR count). The molecule has 2 aromatic carbocycles. The van der Waals surface area contributed by atoms with E-state index in [1.165, 1.54) is 18.9 Å². The van der Waals surface area contributed by atoms with E-state index in [2.05, 4.69) is 42.8 Å². The van der Waals surface area contributed by atoms with E-state index in [0.717, 1.165) is 15.4 Å². The van der Waals surface area contributed by atoms with Crippen molar-refractivity contribution in [2.75, 3.05) is 18.2 Å². The van der Waals surface area contributed by atoms with Crippen LogP contribution in [0.4, 0.5) is 5.69 Å². The first kappa shape index (κ1) is 22.8. The molecule has 1 N–H and O–H groups in total. The van der Waals surface area contributed by atoms with Gasteiger partial charge in [0, 0.05) is 22.1 Å². The van der Waals surface area contributed by atoms with Gasteiger partial charge in [-0.2, -0.15) is 0 Å². The number of benzene rings is 2. The fourth-order valence-electron chi connectivity index (χ4n) is 3.13. The summed E-state index contributed by atoms with van der Waals surface area (Å²) in [6.07, 6.45) is 1.74. The topological polar surface area (TPSA) is 99.2 Å². The number of nitrogens with zero attached hydrogens (tertiary/aromatic N) is 3. The molecule has 0 spiro atoms. The number of carbonyl (C=O) groups excluding carboxylic acids is 2. The molecule has 0 unspecified atom stereocenters. The lowest BCUT2D eigenvalue weighted by Crippen LogP contribution is -2.15. The highest BCUT2D eigenvalue weighted by atomic mass is 79.9. The summed E-state index contributed by atoms with van der Waals surface area (Å²) in [6.45, 7) is 4.27. The average Bonchev–Trinajstić information content (AvgIpc) is 3.41. The molecule has 0 aliphatic heterocycles. The van der Waals surface area contributed by atoms with Gasteiger partial charge in [-0.3, -0.25) is 9.36 Å². The highest BCUT2D eigenvalue weighted by Gasteiger charge is 2.18. The second-order valence-electron chi connectivity index (χ2n) is 6.90. The van der Waals surface area contributed by atoms with Crippen LogP contribution in [0.5, 0.6) is 0 Å². The number of amides is 1. The molecule has 2 heterocycles. The van der Waals surface area contributed by atoms with Crippen LogP contribution in [-0.4, -0.2) is 39.5 Å². The lowest BCUT2D eigenvalue weighted by Gasteiger charge is -2.07. The van der Waals surface area contributed by atoms with Gasteiger partial charge in [0.05, 0.1) is 18.4 Å². The molecule has 1 amide bonds. The lowest BCUT2D eigenvalue weighted by atomic mass is 10.2. The molecule has 0 bridgehead atoms. The Labute approximate surface area is 202 Å². The standard InChI is InChI=1S/C23H19BrN4O4S/c1-3-10-28-21(19-12-15-11-16(24)6-9-18(15)32-19)26-27-23(28)33-13-20(29)25-17-7-4-14(5-8-17)22(30)31-2/h3-9,11-12H,1,10,13H2,2H3,(H,25,29). The zero-order chi connectivity index (χ0) is 23.4. The fourth-order valence-corrected chi connectivity index (χ4v) is 4.26. The van der Waals surface area contributed by atoms with Gasteiger partial charge in [0.2, 0.25) is 11.7 Å². The maximum atomic E-state index is 12.4. The minimum atomic E-state index is -0.433. The number of methoxy groups -OCH3 is 1. The van der Waals surface area contributed by atoms with Gasteiger partial charge in [-0.25, -0.2) is 4.79 Å². The smallest absolute Gasteiger partial charge is 0.337 e. The zero-order valence-corrected chi connectivity index (χ0v) is 20.0. The molecule has 8 nitrogen and oxygen atoms in total. The van der Waals surface area contributed by atoms with Crippen LogP contribution in [0.15, 0.2) is 75.2 Å². The number of nitrogens with one attached hydrogen (secondary N) is 1. The summed E-state index contributed by atoms with van der Waals surface area (Å²) >= 11 is 4.72. The Kier molecular flexibility index (Phi) is 6.95.